The van der Waals surface area contributed by atoms with Crippen LogP contribution < -0.4 is 14.9 Å². The molecule has 0 aliphatic heterocycles. The quantitative estimate of drug-likeness (QED) is 0.646. The molecule has 0 radical (unpaired) electrons. The van der Waals surface area contributed by atoms with E-state index in [0.29, 0.717) is 12.5 Å². The number of aromatic nitrogens is 1. The maximum atomic E-state index is 9.50. The molecule has 0 atom stereocenters. The lowest BCUT2D eigenvalue weighted by Crippen LogP contribution is -2.32. The standard InChI is InChI=1S/C19H18BNO4/c22-20(23)17-11-12-18(24-13-15-7-3-1-4-8-15)21-19(17)25-14-16-9-5-2-6-10-16/h1-12,22-23H,13-14H2. The molecular formula is C19H18BNO4. The first-order valence-electron chi connectivity index (χ1n) is 7.93. The van der Waals surface area contributed by atoms with Gasteiger partial charge in [-0.3, -0.25) is 0 Å². The predicted molar refractivity (Wildman–Crippen MR) is 95.6 cm³/mol. The fraction of sp³-hybridized carbons (Fsp3) is 0.105. The van der Waals surface area contributed by atoms with Crippen molar-refractivity contribution in [2.45, 2.75) is 13.2 Å². The summed E-state index contributed by atoms with van der Waals surface area (Å²) in [5.74, 6) is 0.501. The molecule has 126 valence electrons. The third-order valence-corrected chi connectivity index (χ3v) is 3.59. The molecule has 5 nitrogen and oxygen atoms in total. The minimum atomic E-state index is -1.67. The fourth-order valence-electron chi connectivity index (χ4n) is 2.28. The molecule has 25 heavy (non-hydrogen) atoms. The van der Waals surface area contributed by atoms with E-state index in [1.165, 1.54) is 0 Å². The molecule has 1 heterocycles. The molecule has 1 aromatic heterocycles. The number of ether oxygens (including phenoxy) is 2. The van der Waals surface area contributed by atoms with Crippen molar-refractivity contribution in [3.05, 3.63) is 83.9 Å². The Hall–Kier alpha value is -2.83. The molecule has 0 aliphatic carbocycles. The molecule has 3 rings (SSSR count). The molecule has 3 aromatic rings. The summed E-state index contributed by atoms with van der Waals surface area (Å²) >= 11 is 0. The SMILES string of the molecule is OB(O)c1ccc(OCc2ccccc2)nc1OCc1ccccc1. The summed E-state index contributed by atoms with van der Waals surface area (Å²) in [6, 6.07) is 22.4. The van der Waals surface area contributed by atoms with Gasteiger partial charge in [0.25, 0.3) is 0 Å². The van der Waals surface area contributed by atoms with Crippen LogP contribution in [0.3, 0.4) is 0 Å². The zero-order valence-electron chi connectivity index (χ0n) is 13.6. The minimum absolute atomic E-state index is 0.143. The van der Waals surface area contributed by atoms with Gasteiger partial charge in [-0.2, -0.15) is 4.98 Å². The first kappa shape index (κ1) is 17.0. The van der Waals surface area contributed by atoms with Gasteiger partial charge in [0.05, 0.1) is 0 Å². The third kappa shape index (κ3) is 4.82. The summed E-state index contributed by atoms with van der Waals surface area (Å²) in [7, 11) is -1.67. The molecular weight excluding hydrogens is 317 g/mol. The van der Waals surface area contributed by atoms with Crippen molar-refractivity contribution in [3.8, 4) is 11.8 Å². The van der Waals surface area contributed by atoms with Gasteiger partial charge in [-0.1, -0.05) is 66.7 Å². The van der Waals surface area contributed by atoms with Crippen molar-refractivity contribution in [3.63, 3.8) is 0 Å². The van der Waals surface area contributed by atoms with Crippen LogP contribution in [-0.4, -0.2) is 22.2 Å². The molecule has 0 unspecified atom stereocenters. The van der Waals surface area contributed by atoms with Crippen LogP contribution in [0.4, 0.5) is 0 Å². The highest BCUT2D eigenvalue weighted by atomic mass is 16.5. The van der Waals surface area contributed by atoms with Crippen molar-refractivity contribution in [1.29, 1.82) is 0 Å². The van der Waals surface area contributed by atoms with Gasteiger partial charge in [-0.05, 0) is 11.1 Å². The number of nitrogens with zero attached hydrogens (tertiary/aromatic N) is 1. The van der Waals surface area contributed by atoms with Gasteiger partial charge < -0.3 is 19.5 Å². The predicted octanol–water partition coefficient (Wildman–Crippen LogP) is 1.92. The first-order valence-corrected chi connectivity index (χ1v) is 7.93. The monoisotopic (exact) mass is 335 g/mol. The van der Waals surface area contributed by atoms with E-state index in [0.717, 1.165) is 11.1 Å². The molecule has 0 saturated heterocycles. The lowest BCUT2D eigenvalue weighted by Gasteiger charge is -2.12. The summed E-state index contributed by atoms with van der Waals surface area (Å²) in [5.41, 5.74) is 2.17. The van der Waals surface area contributed by atoms with Gasteiger partial charge >= 0.3 is 7.12 Å². The van der Waals surface area contributed by atoms with Crippen molar-refractivity contribution in [2.24, 2.45) is 0 Å². The van der Waals surface area contributed by atoms with E-state index in [9.17, 15) is 10.0 Å². The molecule has 0 spiro atoms. The fourth-order valence-corrected chi connectivity index (χ4v) is 2.28. The molecule has 0 amide bonds. The lowest BCUT2D eigenvalue weighted by atomic mass is 9.81. The number of rotatable bonds is 7. The highest BCUT2D eigenvalue weighted by Crippen LogP contribution is 2.15. The van der Waals surface area contributed by atoms with Gasteiger partial charge in [0, 0.05) is 11.5 Å². The number of pyridine rings is 1. The van der Waals surface area contributed by atoms with Crippen LogP contribution in [0.15, 0.2) is 72.8 Å². The Morgan fingerprint density at radius 2 is 1.28 bits per heavy atom. The summed E-state index contributed by atoms with van der Waals surface area (Å²) < 4.78 is 11.3. The Morgan fingerprint density at radius 3 is 1.84 bits per heavy atom. The molecule has 0 saturated carbocycles. The Balaban J connectivity index is 1.72. The van der Waals surface area contributed by atoms with Crippen LogP contribution in [0.5, 0.6) is 11.8 Å². The van der Waals surface area contributed by atoms with E-state index in [1.807, 2.05) is 60.7 Å². The normalized spacial score (nSPS) is 10.3. The number of hydrogen-bond acceptors (Lipinski definition) is 5. The Bertz CT molecular complexity index is 797. The highest BCUT2D eigenvalue weighted by Gasteiger charge is 2.19. The largest absolute Gasteiger partial charge is 0.494 e. The third-order valence-electron chi connectivity index (χ3n) is 3.59. The summed E-state index contributed by atoms with van der Waals surface area (Å²) in [4.78, 5) is 4.26. The molecule has 0 fully saturated rings. The Labute approximate surface area is 146 Å². The topological polar surface area (TPSA) is 71.8 Å². The van der Waals surface area contributed by atoms with Crippen molar-refractivity contribution in [1.82, 2.24) is 4.98 Å². The van der Waals surface area contributed by atoms with Crippen molar-refractivity contribution in [2.75, 3.05) is 0 Å². The van der Waals surface area contributed by atoms with Gasteiger partial charge in [0.15, 0.2) is 0 Å². The number of hydrogen-bond donors (Lipinski definition) is 2. The van der Waals surface area contributed by atoms with E-state index in [2.05, 4.69) is 4.98 Å². The van der Waals surface area contributed by atoms with Gasteiger partial charge in [0.2, 0.25) is 11.8 Å². The van der Waals surface area contributed by atoms with Gasteiger partial charge in [0.1, 0.15) is 13.2 Å². The second kappa shape index (κ2) is 8.33. The van der Waals surface area contributed by atoms with Crippen LogP contribution in [0, 0.1) is 0 Å². The average Bonchev–Trinajstić information content (AvgIpc) is 2.66. The van der Waals surface area contributed by atoms with Crippen molar-refractivity contribution >= 4 is 12.6 Å². The first-order chi connectivity index (χ1) is 12.2. The lowest BCUT2D eigenvalue weighted by molar-refractivity contribution is 0.268. The summed E-state index contributed by atoms with van der Waals surface area (Å²) in [6.07, 6.45) is 0. The molecule has 0 aliphatic rings. The van der Waals surface area contributed by atoms with E-state index in [4.69, 9.17) is 9.47 Å². The maximum Gasteiger partial charge on any atom is 0.494 e. The smallest absolute Gasteiger partial charge is 0.473 e. The van der Waals surface area contributed by atoms with Crippen LogP contribution >= 0.6 is 0 Å². The maximum absolute atomic E-state index is 9.50. The molecule has 2 aromatic carbocycles. The van der Waals surface area contributed by atoms with Crippen LogP contribution in [0.1, 0.15) is 11.1 Å². The second-order valence-corrected chi connectivity index (χ2v) is 5.47. The molecule has 2 N–H and O–H groups in total. The number of benzene rings is 2. The Morgan fingerprint density at radius 1 is 0.720 bits per heavy atom. The second-order valence-electron chi connectivity index (χ2n) is 5.47. The average molecular weight is 335 g/mol. The van der Waals surface area contributed by atoms with E-state index < -0.39 is 7.12 Å². The summed E-state index contributed by atoms with van der Waals surface area (Å²) in [6.45, 7) is 0.642. The molecule has 0 bridgehead atoms. The van der Waals surface area contributed by atoms with Gasteiger partial charge in [-0.15, -0.1) is 0 Å². The zero-order chi connectivity index (χ0) is 17.5. The van der Waals surface area contributed by atoms with Crippen molar-refractivity contribution < 1.29 is 19.5 Å². The van der Waals surface area contributed by atoms with E-state index in [-0.39, 0.29) is 17.9 Å². The highest BCUT2D eigenvalue weighted by molar-refractivity contribution is 6.59. The van der Waals surface area contributed by atoms with Crippen LogP contribution in [0.25, 0.3) is 0 Å². The van der Waals surface area contributed by atoms with E-state index >= 15 is 0 Å². The minimum Gasteiger partial charge on any atom is -0.473 e. The van der Waals surface area contributed by atoms with Crippen LogP contribution in [0.2, 0.25) is 0 Å². The van der Waals surface area contributed by atoms with Gasteiger partial charge in [-0.25, -0.2) is 0 Å². The van der Waals surface area contributed by atoms with E-state index in [1.54, 1.807) is 12.1 Å². The Kier molecular flexibility index (Phi) is 5.67. The van der Waals surface area contributed by atoms with Crippen LogP contribution in [-0.2, 0) is 13.2 Å². The zero-order valence-corrected chi connectivity index (χ0v) is 13.6. The molecule has 6 heteroatoms. The summed E-state index contributed by atoms with van der Waals surface area (Å²) in [5, 5.41) is 19.0.